The van der Waals surface area contributed by atoms with Crippen molar-refractivity contribution < 1.29 is 4.74 Å². The normalized spacial score (nSPS) is 14.8. The van der Waals surface area contributed by atoms with Crippen LogP contribution >= 0.6 is 0 Å². The van der Waals surface area contributed by atoms with Crippen molar-refractivity contribution in [2.75, 3.05) is 20.3 Å². The van der Waals surface area contributed by atoms with E-state index in [4.69, 9.17) is 4.74 Å². The van der Waals surface area contributed by atoms with Crippen LogP contribution in [0.1, 0.15) is 38.7 Å². The zero-order valence-corrected chi connectivity index (χ0v) is 11.4. The molecule has 0 aliphatic heterocycles. The summed E-state index contributed by atoms with van der Waals surface area (Å²) in [6.45, 7) is 9.25. The van der Waals surface area contributed by atoms with Gasteiger partial charge in [-0.15, -0.1) is 0 Å². The summed E-state index contributed by atoms with van der Waals surface area (Å²) in [6, 6.07) is 0.435. The van der Waals surface area contributed by atoms with Gasteiger partial charge in [-0.3, -0.25) is 4.68 Å². The zero-order chi connectivity index (χ0) is 12.7. The molecule has 4 heteroatoms. The monoisotopic (exact) mass is 239 g/mol. The fraction of sp³-hybridized carbons (Fsp3) is 0.769. The average molecular weight is 239 g/mol. The maximum absolute atomic E-state index is 5.03. The van der Waals surface area contributed by atoms with Crippen molar-refractivity contribution in [3.05, 3.63) is 18.0 Å². The first-order valence-electron chi connectivity index (χ1n) is 6.43. The molecule has 17 heavy (non-hydrogen) atoms. The van der Waals surface area contributed by atoms with Crippen molar-refractivity contribution >= 4 is 0 Å². The number of rotatable bonds is 8. The van der Waals surface area contributed by atoms with Gasteiger partial charge in [-0.25, -0.2) is 0 Å². The van der Waals surface area contributed by atoms with Crippen LogP contribution in [0.15, 0.2) is 12.4 Å². The van der Waals surface area contributed by atoms with E-state index >= 15 is 0 Å². The van der Waals surface area contributed by atoms with Crippen LogP contribution < -0.4 is 5.32 Å². The fourth-order valence-corrected chi connectivity index (χ4v) is 1.82. The van der Waals surface area contributed by atoms with Gasteiger partial charge in [-0.2, -0.15) is 5.10 Å². The summed E-state index contributed by atoms with van der Waals surface area (Å²) in [4.78, 5) is 0. The molecule has 0 bridgehead atoms. The van der Waals surface area contributed by atoms with Crippen LogP contribution in [-0.2, 0) is 11.3 Å². The highest BCUT2D eigenvalue weighted by Crippen LogP contribution is 2.18. The van der Waals surface area contributed by atoms with Crippen molar-refractivity contribution in [1.82, 2.24) is 15.1 Å². The van der Waals surface area contributed by atoms with Gasteiger partial charge in [0, 0.05) is 32.4 Å². The summed E-state index contributed by atoms with van der Waals surface area (Å²) in [5.74, 6) is 0.470. The Morgan fingerprint density at radius 1 is 1.47 bits per heavy atom. The standard InChI is InChI=1S/C13H25N3O/c1-5-7-16-10-13(9-15-16)11(2)12(3)14-6-8-17-4/h9-12,14H,5-8H2,1-4H3. The lowest BCUT2D eigenvalue weighted by Gasteiger charge is -2.20. The van der Waals surface area contributed by atoms with Gasteiger partial charge in [-0.1, -0.05) is 13.8 Å². The molecule has 0 saturated heterocycles. The minimum Gasteiger partial charge on any atom is -0.383 e. The van der Waals surface area contributed by atoms with E-state index in [1.807, 2.05) is 10.9 Å². The van der Waals surface area contributed by atoms with E-state index in [-0.39, 0.29) is 0 Å². The number of hydrogen-bond donors (Lipinski definition) is 1. The highest BCUT2D eigenvalue weighted by Gasteiger charge is 2.15. The topological polar surface area (TPSA) is 39.1 Å². The van der Waals surface area contributed by atoms with Gasteiger partial charge in [0.1, 0.15) is 0 Å². The second-order valence-electron chi connectivity index (χ2n) is 4.56. The fourth-order valence-electron chi connectivity index (χ4n) is 1.82. The predicted octanol–water partition coefficient (Wildman–Crippen LogP) is 2.02. The van der Waals surface area contributed by atoms with Gasteiger partial charge in [0.05, 0.1) is 12.8 Å². The molecule has 0 aliphatic carbocycles. The van der Waals surface area contributed by atoms with E-state index in [0.29, 0.717) is 12.0 Å². The lowest BCUT2D eigenvalue weighted by atomic mass is 9.97. The van der Waals surface area contributed by atoms with Crippen molar-refractivity contribution in [3.8, 4) is 0 Å². The largest absolute Gasteiger partial charge is 0.383 e. The van der Waals surface area contributed by atoms with Crippen molar-refractivity contribution in [2.24, 2.45) is 0 Å². The number of methoxy groups -OCH3 is 1. The predicted molar refractivity (Wildman–Crippen MR) is 70.3 cm³/mol. The summed E-state index contributed by atoms with van der Waals surface area (Å²) in [7, 11) is 1.73. The third kappa shape index (κ3) is 4.48. The van der Waals surface area contributed by atoms with Gasteiger partial charge in [0.25, 0.3) is 0 Å². The number of ether oxygens (including phenoxy) is 1. The molecule has 0 spiro atoms. The molecule has 98 valence electrons. The number of nitrogens with one attached hydrogen (secondary N) is 1. The highest BCUT2D eigenvalue weighted by molar-refractivity contribution is 5.12. The van der Waals surface area contributed by atoms with Crippen LogP contribution in [0.5, 0.6) is 0 Å². The lowest BCUT2D eigenvalue weighted by Crippen LogP contribution is -2.33. The zero-order valence-electron chi connectivity index (χ0n) is 11.4. The van der Waals surface area contributed by atoms with Gasteiger partial charge in [0.15, 0.2) is 0 Å². The molecular formula is C13H25N3O. The highest BCUT2D eigenvalue weighted by atomic mass is 16.5. The molecule has 0 aliphatic rings. The van der Waals surface area contributed by atoms with E-state index in [0.717, 1.165) is 26.1 Å². The first kappa shape index (κ1) is 14.2. The van der Waals surface area contributed by atoms with Gasteiger partial charge in [-0.05, 0) is 24.8 Å². The van der Waals surface area contributed by atoms with Crippen LogP contribution in [0.25, 0.3) is 0 Å². The lowest BCUT2D eigenvalue weighted by molar-refractivity contribution is 0.195. The molecule has 1 aromatic rings. The Morgan fingerprint density at radius 2 is 2.24 bits per heavy atom. The molecule has 4 nitrogen and oxygen atoms in total. The molecule has 0 amide bonds. The van der Waals surface area contributed by atoms with E-state index in [2.05, 4.69) is 37.4 Å². The smallest absolute Gasteiger partial charge is 0.0587 e. The number of hydrogen-bond acceptors (Lipinski definition) is 3. The maximum atomic E-state index is 5.03. The number of nitrogens with zero attached hydrogens (tertiary/aromatic N) is 2. The summed E-state index contributed by atoms with van der Waals surface area (Å²) in [6.07, 6.45) is 5.26. The summed E-state index contributed by atoms with van der Waals surface area (Å²) < 4.78 is 7.06. The quantitative estimate of drug-likeness (QED) is 0.705. The molecule has 1 aromatic heterocycles. The SMILES string of the molecule is CCCn1cc(C(C)C(C)NCCOC)cn1. The van der Waals surface area contributed by atoms with Crippen LogP contribution in [-0.4, -0.2) is 36.1 Å². The van der Waals surface area contributed by atoms with Gasteiger partial charge in [0.2, 0.25) is 0 Å². The van der Waals surface area contributed by atoms with Gasteiger partial charge < -0.3 is 10.1 Å². The first-order chi connectivity index (χ1) is 8.19. The van der Waals surface area contributed by atoms with Crippen molar-refractivity contribution in [1.29, 1.82) is 0 Å². The van der Waals surface area contributed by atoms with Gasteiger partial charge >= 0.3 is 0 Å². The maximum Gasteiger partial charge on any atom is 0.0587 e. The van der Waals surface area contributed by atoms with Crippen LogP contribution in [0, 0.1) is 0 Å². The third-order valence-electron chi connectivity index (χ3n) is 3.15. The second-order valence-corrected chi connectivity index (χ2v) is 4.56. The molecule has 2 atom stereocenters. The number of aromatic nitrogens is 2. The summed E-state index contributed by atoms with van der Waals surface area (Å²) in [5.41, 5.74) is 1.30. The van der Waals surface area contributed by atoms with E-state index < -0.39 is 0 Å². The molecule has 2 unspecified atom stereocenters. The van der Waals surface area contributed by atoms with Crippen molar-refractivity contribution in [3.63, 3.8) is 0 Å². The molecule has 1 N–H and O–H groups in total. The Kier molecular flexibility index (Phi) is 6.22. The molecule has 1 heterocycles. The Labute approximate surface area is 104 Å². The Bertz CT molecular complexity index is 311. The molecule has 0 saturated carbocycles. The van der Waals surface area contributed by atoms with Crippen LogP contribution in [0.4, 0.5) is 0 Å². The molecule has 0 aromatic carbocycles. The van der Waals surface area contributed by atoms with Crippen molar-refractivity contribution in [2.45, 2.75) is 45.7 Å². The van der Waals surface area contributed by atoms with Crippen LogP contribution in [0.2, 0.25) is 0 Å². The summed E-state index contributed by atoms with van der Waals surface area (Å²) in [5, 5.41) is 7.83. The molecule has 1 rings (SSSR count). The average Bonchev–Trinajstić information content (AvgIpc) is 2.77. The van der Waals surface area contributed by atoms with Crippen LogP contribution in [0.3, 0.4) is 0 Å². The molecular weight excluding hydrogens is 214 g/mol. The van der Waals surface area contributed by atoms with E-state index in [9.17, 15) is 0 Å². The first-order valence-corrected chi connectivity index (χ1v) is 6.43. The second kappa shape index (κ2) is 7.45. The Hall–Kier alpha value is -0.870. The molecule has 0 radical (unpaired) electrons. The third-order valence-corrected chi connectivity index (χ3v) is 3.15. The minimum atomic E-state index is 0.435. The Balaban J connectivity index is 2.46. The van der Waals surface area contributed by atoms with E-state index in [1.54, 1.807) is 7.11 Å². The molecule has 0 fully saturated rings. The summed E-state index contributed by atoms with van der Waals surface area (Å²) >= 11 is 0. The van der Waals surface area contributed by atoms with E-state index in [1.165, 1.54) is 5.56 Å². The number of aryl methyl sites for hydroxylation is 1. The Morgan fingerprint density at radius 3 is 2.88 bits per heavy atom. The minimum absolute atomic E-state index is 0.435.